The van der Waals surface area contributed by atoms with Crippen molar-refractivity contribution in [3.05, 3.63) is 34.6 Å². The maximum atomic E-state index is 14.5. The summed E-state index contributed by atoms with van der Waals surface area (Å²) in [6.45, 7) is 12.9. The summed E-state index contributed by atoms with van der Waals surface area (Å²) in [7, 11) is 0. The molecule has 0 amide bonds. The van der Waals surface area contributed by atoms with Gasteiger partial charge in [-0.15, -0.1) is 0 Å². The summed E-state index contributed by atoms with van der Waals surface area (Å²) in [5.41, 5.74) is -2.24. The molecule has 0 aromatic heterocycles. The van der Waals surface area contributed by atoms with E-state index in [4.69, 9.17) is 19.6 Å². The first kappa shape index (κ1) is 26.3. The highest BCUT2D eigenvalue weighted by atomic mass is 16.7. The van der Waals surface area contributed by atoms with Crippen molar-refractivity contribution in [2.75, 3.05) is 6.61 Å². The van der Waals surface area contributed by atoms with Gasteiger partial charge in [0, 0.05) is 11.6 Å². The van der Waals surface area contributed by atoms with Crippen molar-refractivity contribution in [3.8, 4) is 0 Å². The molecule has 0 radical (unpaired) electrons. The van der Waals surface area contributed by atoms with E-state index < -0.39 is 40.9 Å². The van der Waals surface area contributed by atoms with E-state index in [0.717, 1.165) is 6.42 Å². The molecule has 8 heteroatoms. The highest BCUT2D eigenvalue weighted by Gasteiger charge is 2.75. The van der Waals surface area contributed by atoms with Gasteiger partial charge in [0.2, 0.25) is 0 Å². The minimum atomic E-state index is -1.91. The van der Waals surface area contributed by atoms with Crippen LogP contribution in [0.3, 0.4) is 0 Å². The molecule has 1 spiro atoms. The summed E-state index contributed by atoms with van der Waals surface area (Å²) in [5.74, 6) is -2.20. The summed E-state index contributed by atoms with van der Waals surface area (Å²) in [6.07, 6.45) is 3.03. The van der Waals surface area contributed by atoms with Crippen molar-refractivity contribution in [2.24, 2.45) is 28.6 Å². The number of ketones is 1. The number of nitrogens with one attached hydrogen (secondary N) is 1. The molecule has 7 atom stereocenters. The number of aliphatic hydroxyl groups is 2. The number of fused-ring (bicyclic) bond motifs is 5. The molecular weight excluding hydrogens is 474 g/mol. The number of Topliss-reactive ketones (excluding diaryl/α,β-unsaturated/α-hetero) is 1. The molecule has 5 rings (SSSR count). The molecule has 5 aliphatic rings. The predicted octanol–water partition coefficient (Wildman–Crippen LogP) is 4.18. The van der Waals surface area contributed by atoms with Crippen LogP contribution in [0.1, 0.15) is 67.7 Å². The van der Waals surface area contributed by atoms with E-state index in [9.17, 15) is 19.8 Å². The van der Waals surface area contributed by atoms with E-state index in [-0.39, 0.29) is 47.2 Å². The van der Waals surface area contributed by atoms with Gasteiger partial charge in [0.1, 0.15) is 17.4 Å². The Bertz CT molecular complexity index is 1170. The van der Waals surface area contributed by atoms with E-state index in [1.807, 2.05) is 6.08 Å². The van der Waals surface area contributed by atoms with Gasteiger partial charge in [-0.2, -0.15) is 0 Å². The highest BCUT2D eigenvalue weighted by molar-refractivity contribution is 6.18. The van der Waals surface area contributed by atoms with Crippen LogP contribution in [0.15, 0.2) is 34.6 Å². The van der Waals surface area contributed by atoms with Gasteiger partial charge < -0.3 is 29.8 Å². The van der Waals surface area contributed by atoms with Crippen LogP contribution in [-0.2, 0) is 23.8 Å². The number of esters is 1. The maximum Gasteiger partial charge on any atom is 0.344 e. The highest BCUT2D eigenvalue weighted by Crippen LogP contribution is 2.71. The third-order valence-electron chi connectivity index (χ3n) is 9.68. The number of ether oxygens (including phenoxy) is 3. The Morgan fingerprint density at radius 3 is 2.57 bits per heavy atom. The SMILES string of the molecule is CCC(=N)/C(C(=O)OC1C(C)=CC23CCC4C(C(C=C5COC(C)(C)OC5C12O)C3=O)C4(C)C)=C(/C)O. The van der Waals surface area contributed by atoms with Gasteiger partial charge >= 0.3 is 5.97 Å². The average molecular weight is 514 g/mol. The summed E-state index contributed by atoms with van der Waals surface area (Å²) < 4.78 is 18.3. The Hall–Kier alpha value is -2.29. The molecule has 202 valence electrons. The second kappa shape index (κ2) is 8.10. The molecule has 3 fully saturated rings. The van der Waals surface area contributed by atoms with Crippen molar-refractivity contribution in [3.63, 3.8) is 0 Å². The van der Waals surface area contributed by atoms with Gasteiger partial charge in [-0.25, -0.2) is 4.79 Å². The topological polar surface area (TPSA) is 126 Å². The lowest BCUT2D eigenvalue weighted by Gasteiger charge is -2.51. The van der Waals surface area contributed by atoms with Crippen molar-refractivity contribution in [2.45, 2.75) is 91.3 Å². The van der Waals surface area contributed by atoms with Crippen LogP contribution in [0.5, 0.6) is 0 Å². The zero-order valence-electron chi connectivity index (χ0n) is 22.8. The van der Waals surface area contributed by atoms with E-state index in [1.165, 1.54) is 6.92 Å². The number of hydrogen-bond acceptors (Lipinski definition) is 8. The lowest BCUT2D eigenvalue weighted by molar-refractivity contribution is -0.301. The number of carbonyl (C=O) groups excluding carboxylic acids is 2. The second-order valence-electron chi connectivity index (χ2n) is 12.6. The number of allylic oxidation sites excluding steroid dienone is 2. The lowest BCUT2D eigenvalue weighted by Crippen LogP contribution is -2.66. The quantitative estimate of drug-likeness (QED) is 0.169. The molecule has 1 heterocycles. The Morgan fingerprint density at radius 1 is 1.27 bits per heavy atom. The number of carbonyl (C=O) groups is 2. The van der Waals surface area contributed by atoms with Crippen LogP contribution in [0, 0.1) is 34.0 Å². The van der Waals surface area contributed by atoms with E-state index in [2.05, 4.69) is 13.8 Å². The zero-order chi connectivity index (χ0) is 27.3. The molecule has 2 bridgehead atoms. The second-order valence-corrected chi connectivity index (χ2v) is 12.6. The van der Waals surface area contributed by atoms with E-state index in [1.54, 1.807) is 33.8 Å². The smallest absolute Gasteiger partial charge is 0.344 e. The van der Waals surface area contributed by atoms with Crippen molar-refractivity contribution >= 4 is 17.5 Å². The van der Waals surface area contributed by atoms with Crippen LogP contribution < -0.4 is 0 Å². The molecule has 7 unspecified atom stereocenters. The summed E-state index contributed by atoms with van der Waals surface area (Å²) in [4.78, 5) is 27.8. The van der Waals surface area contributed by atoms with Gasteiger partial charge in [0.15, 0.2) is 23.3 Å². The Labute approximate surface area is 218 Å². The van der Waals surface area contributed by atoms with Crippen LogP contribution in [0.4, 0.5) is 0 Å². The molecule has 37 heavy (non-hydrogen) atoms. The molecule has 1 saturated heterocycles. The number of rotatable bonds is 4. The first-order chi connectivity index (χ1) is 17.1. The molecule has 2 saturated carbocycles. The Balaban J connectivity index is 1.65. The van der Waals surface area contributed by atoms with Crippen LogP contribution >= 0.6 is 0 Å². The van der Waals surface area contributed by atoms with Crippen molar-refractivity contribution in [1.29, 1.82) is 5.41 Å². The number of aliphatic hydroxyl groups excluding tert-OH is 1. The first-order valence-electron chi connectivity index (χ1n) is 13.3. The summed E-state index contributed by atoms with van der Waals surface area (Å²) >= 11 is 0. The zero-order valence-corrected chi connectivity index (χ0v) is 22.8. The first-order valence-corrected chi connectivity index (χ1v) is 13.3. The van der Waals surface area contributed by atoms with Gasteiger partial charge in [-0.1, -0.05) is 32.9 Å². The molecule has 8 nitrogen and oxygen atoms in total. The number of hydrogen-bond donors (Lipinski definition) is 3. The summed E-state index contributed by atoms with van der Waals surface area (Å²) in [5, 5.41) is 31.2. The fourth-order valence-electron chi connectivity index (χ4n) is 7.75. The standard InChI is InChI=1S/C29H39NO7/c1-8-19(30)20(15(3)31)25(33)36-23-14(2)12-28-10-9-18-21(26(18,4)5)17(22(28)32)11-16-13-35-27(6,7)37-24(16)29(23,28)34/h11-12,17-18,21,23-24,30-31,34H,8-10,13H2,1-7H3/b20-15+,30-19?. The third kappa shape index (κ3) is 3.48. The Kier molecular flexibility index (Phi) is 5.77. The monoisotopic (exact) mass is 513 g/mol. The minimum absolute atomic E-state index is 0.0225. The van der Waals surface area contributed by atoms with Crippen molar-refractivity contribution < 1.29 is 34.0 Å². The predicted molar refractivity (Wildman–Crippen MR) is 136 cm³/mol. The summed E-state index contributed by atoms with van der Waals surface area (Å²) in [6, 6.07) is 0. The van der Waals surface area contributed by atoms with Gasteiger partial charge in [0.25, 0.3) is 0 Å². The molecule has 1 aliphatic heterocycles. The molecule has 0 aromatic carbocycles. The van der Waals surface area contributed by atoms with Crippen molar-refractivity contribution in [1.82, 2.24) is 0 Å². The molecule has 3 N–H and O–H groups in total. The van der Waals surface area contributed by atoms with E-state index in [0.29, 0.717) is 23.5 Å². The average Bonchev–Trinajstić information content (AvgIpc) is 3.33. The fourth-order valence-corrected chi connectivity index (χ4v) is 7.75. The van der Waals surface area contributed by atoms with Crippen LogP contribution in [0.2, 0.25) is 0 Å². The van der Waals surface area contributed by atoms with Gasteiger partial charge in [-0.05, 0) is 75.4 Å². The van der Waals surface area contributed by atoms with Crippen LogP contribution in [-0.4, -0.2) is 57.9 Å². The van der Waals surface area contributed by atoms with Crippen LogP contribution in [0.25, 0.3) is 0 Å². The molecule has 4 aliphatic carbocycles. The minimum Gasteiger partial charge on any atom is -0.512 e. The maximum absolute atomic E-state index is 14.5. The molecular formula is C29H39NO7. The van der Waals surface area contributed by atoms with Gasteiger partial charge in [0.05, 0.1) is 12.0 Å². The fraction of sp³-hybridized carbons (Fsp3) is 0.690. The van der Waals surface area contributed by atoms with Gasteiger partial charge in [-0.3, -0.25) is 4.79 Å². The molecule has 0 aromatic rings. The largest absolute Gasteiger partial charge is 0.512 e. The lowest BCUT2D eigenvalue weighted by atomic mass is 9.63. The van der Waals surface area contributed by atoms with E-state index >= 15 is 0 Å². The normalized spacial score (nSPS) is 41.5. The third-order valence-corrected chi connectivity index (χ3v) is 9.68. The Morgan fingerprint density at radius 2 is 1.95 bits per heavy atom.